The van der Waals surface area contributed by atoms with Crippen molar-refractivity contribution in [2.45, 2.75) is 20.3 Å². The van der Waals surface area contributed by atoms with Gasteiger partial charge in [0.1, 0.15) is 0 Å². The summed E-state index contributed by atoms with van der Waals surface area (Å²) < 4.78 is 1.69. The van der Waals surface area contributed by atoms with E-state index in [9.17, 15) is 9.59 Å². The van der Waals surface area contributed by atoms with Crippen LogP contribution in [0.1, 0.15) is 25.0 Å². The largest absolute Gasteiger partial charge is 0.325 e. The molecule has 2 rings (SSSR count). The summed E-state index contributed by atoms with van der Waals surface area (Å²) in [6.45, 7) is 2.96. The van der Waals surface area contributed by atoms with Gasteiger partial charge in [-0.05, 0) is 73.7 Å². The van der Waals surface area contributed by atoms with Gasteiger partial charge in [-0.15, -0.1) is 0 Å². The van der Waals surface area contributed by atoms with Crippen molar-refractivity contribution in [3.05, 3.63) is 56.5 Å². The molecule has 0 atom stereocenters. The number of hydrogen-bond donors (Lipinski definition) is 2. The fourth-order valence-corrected chi connectivity index (χ4v) is 3.21. The predicted molar refractivity (Wildman–Crippen MR) is 99.7 cm³/mol. The Balaban J connectivity index is 2.16. The van der Waals surface area contributed by atoms with Gasteiger partial charge < -0.3 is 10.6 Å². The SMILES string of the molecule is CC(=O)Nc1ccc(Cc2ccc(NC(C)=O)c(Br)c2)cc1Br. The van der Waals surface area contributed by atoms with E-state index in [-0.39, 0.29) is 11.8 Å². The third-order valence-corrected chi connectivity index (χ3v) is 4.41. The topological polar surface area (TPSA) is 58.2 Å². The Labute approximate surface area is 151 Å². The van der Waals surface area contributed by atoms with E-state index in [1.165, 1.54) is 13.8 Å². The number of hydrogen-bond acceptors (Lipinski definition) is 2. The van der Waals surface area contributed by atoms with E-state index in [0.29, 0.717) is 0 Å². The van der Waals surface area contributed by atoms with Crippen LogP contribution in [0.5, 0.6) is 0 Å². The van der Waals surface area contributed by atoms with E-state index in [1.54, 1.807) is 0 Å². The number of nitrogens with one attached hydrogen (secondary N) is 2. The average molecular weight is 440 g/mol. The molecule has 0 aliphatic carbocycles. The van der Waals surface area contributed by atoms with E-state index >= 15 is 0 Å². The molecule has 0 aliphatic heterocycles. The van der Waals surface area contributed by atoms with Crippen molar-refractivity contribution in [3.8, 4) is 0 Å². The maximum Gasteiger partial charge on any atom is 0.221 e. The molecule has 6 heteroatoms. The van der Waals surface area contributed by atoms with Crippen LogP contribution in [0.2, 0.25) is 0 Å². The Morgan fingerprint density at radius 1 is 0.826 bits per heavy atom. The number of anilines is 2. The minimum atomic E-state index is -0.101. The van der Waals surface area contributed by atoms with Crippen molar-refractivity contribution in [3.63, 3.8) is 0 Å². The molecule has 0 fully saturated rings. The summed E-state index contributed by atoms with van der Waals surface area (Å²) in [6, 6.07) is 11.7. The Morgan fingerprint density at radius 2 is 1.22 bits per heavy atom. The Hall–Kier alpha value is -1.66. The summed E-state index contributed by atoms with van der Waals surface area (Å²) in [5.74, 6) is -0.202. The second-order valence-electron chi connectivity index (χ2n) is 5.17. The van der Waals surface area contributed by atoms with Crippen LogP contribution < -0.4 is 10.6 Å². The summed E-state index contributed by atoms with van der Waals surface area (Å²) >= 11 is 6.94. The Bertz CT molecular complexity index is 697. The second kappa shape index (κ2) is 7.75. The van der Waals surface area contributed by atoms with Crippen LogP contribution in [0.25, 0.3) is 0 Å². The van der Waals surface area contributed by atoms with Crippen LogP contribution in [-0.4, -0.2) is 11.8 Å². The lowest BCUT2D eigenvalue weighted by Gasteiger charge is -2.10. The molecule has 0 unspecified atom stereocenters. The summed E-state index contributed by atoms with van der Waals surface area (Å²) in [6.07, 6.45) is 0.748. The lowest BCUT2D eigenvalue weighted by atomic mass is 10.0. The van der Waals surface area contributed by atoms with Gasteiger partial charge in [0.15, 0.2) is 0 Å². The van der Waals surface area contributed by atoms with Crippen LogP contribution in [0, 0.1) is 0 Å². The molecule has 0 bridgehead atoms. The van der Waals surface area contributed by atoms with Crippen LogP contribution in [0.4, 0.5) is 11.4 Å². The first-order valence-corrected chi connectivity index (χ1v) is 8.56. The summed E-state index contributed by atoms with van der Waals surface area (Å²) in [5, 5.41) is 5.53. The standard InChI is InChI=1S/C17H16Br2N2O2/c1-10(22)20-16-5-3-12(8-14(16)18)7-13-4-6-17(15(19)9-13)21-11(2)23/h3-6,8-9H,7H2,1-2H3,(H,20,22)(H,21,23). The zero-order chi connectivity index (χ0) is 17.0. The molecule has 4 nitrogen and oxygen atoms in total. The molecule has 120 valence electrons. The first-order valence-electron chi connectivity index (χ1n) is 6.97. The molecule has 0 spiro atoms. The zero-order valence-corrected chi connectivity index (χ0v) is 15.9. The van der Waals surface area contributed by atoms with Gasteiger partial charge in [0.2, 0.25) is 11.8 Å². The van der Waals surface area contributed by atoms with Gasteiger partial charge in [0.25, 0.3) is 0 Å². The molecule has 2 N–H and O–H groups in total. The molecule has 0 radical (unpaired) electrons. The van der Waals surface area contributed by atoms with Crippen LogP contribution in [0.3, 0.4) is 0 Å². The molecule has 0 saturated heterocycles. The molecule has 2 aromatic rings. The van der Waals surface area contributed by atoms with Crippen molar-refractivity contribution in [1.29, 1.82) is 0 Å². The highest BCUT2D eigenvalue weighted by Crippen LogP contribution is 2.27. The van der Waals surface area contributed by atoms with Crippen molar-refractivity contribution in [2.24, 2.45) is 0 Å². The first-order chi connectivity index (χ1) is 10.8. The highest BCUT2D eigenvalue weighted by Gasteiger charge is 2.06. The van der Waals surface area contributed by atoms with Gasteiger partial charge in [0.05, 0.1) is 11.4 Å². The van der Waals surface area contributed by atoms with Crippen LogP contribution in [-0.2, 0) is 16.0 Å². The smallest absolute Gasteiger partial charge is 0.221 e. The number of carbonyl (C=O) groups excluding carboxylic acids is 2. The average Bonchev–Trinajstić information content (AvgIpc) is 2.44. The van der Waals surface area contributed by atoms with Crippen molar-refractivity contribution >= 4 is 55.0 Å². The quantitative estimate of drug-likeness (QED) is 0.724. The molecule has 23 heavy (non-hydrogen) atoms. The van der Waals surface area contributed by atoms with Gasteiger partial charge in [-0.1, -0.05) is 12.1 Å². The number of halogens is 2. The van der Waals surface area contributed by atoms with Gasteiger partial charge in [0, 0.05) is 22.8 Å². The normalized spacial score (nSPS) is 10.3. The van der Waals surface area contributed by atoms with Crippen LogP contribution >= 0.6 is 31.9 Å². The summed E-state index contributed by atoms with van der Waals surface area (Å²) in [7, 11) is 0. The molecule has 0 aromatic heterocycles. The fraction of sp³-hybridized carbons (Fsp3) is 0.176. The molecule has 2 amide bonds. The highest BCUT2D eigenvalue weighted by molar-refractivity contribution is 9.11. The van der Waals surface area contributed by atoms with Crippen molar-refractivity contribution in [2.75, 3.05) is 10.6 Å². The number of benzene rings is 2. The van der Waals surface area contributed by atoms with E-state index in [2.05, 4.69) is 42.5 Å². The fourth-order valence-electron chi connectivity index (χ4n) is 2.15. The van der Waals surface area contributed by atoms with Crippen molar-refractivity contribution in [1.82, 2.24) is 0 Å². The minimum Gasteiger partial charge on any atom is -0.325 e. The monoisotopic (exact) mass is 438 g/mol. The third-order valence-electron chi connectivity index (χ3n) is 3.10. The lowest BCUT2D eigenvalue weighted by molar-refractivity contribution is -0.115. The first kappa shape index (κ1) is 17.7. The minimum absolute atomic E-state index is 0.101. The number of rotatable bonds is 4. The van der Waals surface area contributed by atoms with Gasteiger partial charge in [-0.3, -0.25) is 9.59 Å². The molecule has 2 aromatic carbocycles. The third kappa shape index (κ3) is 5.18. The molecule has 0 aliphatic rings. The Morgan fingerprint density at radius 3 is 1.52 bits per heavy atom. The molecular weight excluding hydrogens is 424 g/mol. The lowest BCUT2D eigenvalue weighted by Crippen LogP contribution is -2.07. The van der Waals surface area contributed by atoms with Gasteiger partial charge in [-0.25, -0.2) is 0 Å². The van der Waals surface area contributed by atoms with Gasteiger partial charge in [-0.2, -0.15) is 0 Å². The van der Waals surface area contributed by atoms with E-state index in [0.717, 1.165) is 37.9 Å². The second-order valence-corrected chi connectivity index (χ2v) is 6.88. The van der Waals surface area contributed by atoms with Gasteiger partial charge >= 0.3 is 0 Å². The van der Waals surface area contributed by atoms with Crippen molar-refractivity contribution < 1.29 is 9.59 Å². The van der Waals surface area contributed by atoms with E-state index < -0.39 is 0 Å². The van der Waals surface area contributed by atoms with E-state index in [4.69, 9.17) is 0 Å². The molecule has 0 heterocycles. The Kier molecular flexibility index (Phi) is 5.96. The maximum atomic E-state index is 11.1. The maximum absolute atomic E-state index is 11.1. The van der Waals surface area contributed by atoms with E-state index in [1.807, 2.05) is 36.4 Å². The molecule has 0 saturated carbocycles. The predicted octanol–water partition coefficient (Wildman–Crippen LogP) is 4.72. The van der Waals surface area contributed by atoms with Crippen LogP contribution in [0.15, 0.2) is 45.3 Å². The number of amides is 2. The molecular formula is C17H16Br2N2O2. The highest BCUT2D eigenvalue weighted by atomic mass is 79.9. The zero-order valence-electron chi connectivity index (χ0n) is 12.7. The summed E-state index contributed by atoms with van der Waals surface area (Å²) in [4.78, 5) is 22.2. The summed E-state index contributed by atoms with van der Waals surface area (Å²) in [5.41, 5.74) is 3.74. The number of carbonyl (C=O) groups is 2.